The molecule has 0 aromatic rings. The van der Waals surface area contributed by atoms with E-state index in [1.165, 1.54) is 19.3 Å². The average molecular weight is 420 g/mol. The minimum absolute atomic E-state index is 0. The van der Waals surface area contributed by atoms with Gasteiger partial charge in [-0.15, -0.1) is 24.0 Å². The van der Waals surface area contributed by atoms with Crippen LogP contribution in [-0.2, 0) is 4.79 Å². The maximum atomic E-state index is 11.6. The lowest BCUT2D eigenvalue weighted by molar-refractivity contribution is -0.119. The molecule has 0 aromatic carbocycles. The van der Waals surface area contributed by atoms with Crippen molar-refractivity contribution in [1.82, 2.24) is 15.5 Å². The molecule has 126 valence electrons. The number of halogens is 1. The van der Waals surface area contributed by atoms with Crippen molar-refractivity contribution in [1.29, 1.82) is 0 Å². The van der Waals surface area contributed by atoms with Gasteiger partial charge in [0.2, 0.25) is 5.91 Å². The summed E-state index contributed by atoms with van der Waals surface area (Å²) in [6.07, 6.45) is 7.05. The van der Waals surface area contributed by atoms with Gasteiger partial charge in [-0.05, 0) is 38.5 Å². The Balaban J connectivity index is 0.00000176. The Morgan fingerprint density at radius 2 is 2.27 bits per heavy atom. The lowest BCUT2D eigenvalue weighted by Gasteiger charge is -2.41. The molecule has 1 atom stereocenters. The van der Waals surface area contributed by atoms with Crippen molar-refractivity contribution in [2.24, 2.45) is 16.3 Å². The van der Waals surface area contributed by atoms with Crippen LogP contribution in [0.5, 0.6) is 0 Å². The molecule has 1 unspecified atom stereocenters. The van der Waals surface area contributed by atoms with Crippen LogP contribution >= 0.6 is 24.0 Å². The fourth-order valence-corrected chi connectivity index (χ4v) is 3.75. The van der Waals surface area contributed by atoms with Gasteiger partial charge in [0, 0.05) is 44.6 Å². The van der Waals surface area contributed by atoms with Gasteiger partial charge in [-0.1, -0.05) is 6.42 Å². The van der Waals surface area contributed by atoms with Gasteiger partial charge in [0.15, 0.2) is 5.96 Å². The Morgan fingerprint density at radius 3 is 2.86 bits per heavy atom. The number of rotatable bonds is 3. The molecule has 2 heterocycles. The maximum Gasteiger partial charge on any atom is 0.220 e. The number of guanidine groups is 1. The summed E-state index contributed by atoms with van der Waals surface area (Å²) in [6, 6.07) is 0. The largest absolute Gasteiger partial charge is 0.357 e. The van der Waals surface area contributed by atoms with Crippen LogP contribution in [0.3, 0.4) is 0 Å². The number of piperidine rings is 1. The summed E-state index contributed by atoms with van der Waals surface area (Å²) in [5.41, 5.74) is 0.141. The first-order valence-corrected chi connectivity index (χ1v) is 8.51. The van der Waals surface area contributed by atoms with Crippen molar-refractivity contribution in [2.75, 3.05) is 32.7 Å². The minimum Gasteiger partial charge on any atom is -0.357 e. The van der Waals surface area contributed by atoms with Crippen LogP contribution in [0, 0.1) is 11.3 Å². The predicted molar refractivity (Wildman–Crippen MR) is 99.6 cm³/mol. The zero-order valence-electron chi connectivity index (χ0n) is 13.6. The Hall–Kier alpha value is -0.530. The second-order valence-electron chi connectivity index (χ2n) is 6.97. The second-order valence-corrected chi connectivity index (χ2v) is 6.97. The number of hydrogen-bond donors (Lipinski definition) is 2. The molecule has 3 fully saturated rings. The van der Waals surface area contributed by atoms with E-state index in [2.05, 4.69) is 22.5 Å². The van der Waals surface area contributed by atoms with E-state index in [0.29, 0.717) is 6.42 Å². The normalized spacial score (nSPS) is 29.0. The van der Waals surface area contributed by atoms with Crippen LogP contribution in [0.1, 0.15) is 45.4 Å². The molecule has 1 spiro atoms. The number of carbonyl (C=O) groups excluding carboxylic acids is 1. The van der Waals surface area contributed by atoms with Crippen LogP contribution in [0.15, 0.2) is 4.99 Å². The van der Waals surface area contributed by atoms with E-state index in [-0.39, 0.29) is 35.3 Å². The van der Waals surface area contributed by atoms with E-state index in [9.17, 15) is 4.79 Å². The third-order valence-corrected chi connectivity index (χ3v) is 5.22. The van der Waals surface area contributed by atoms with Gasteiger partial charge in [0.05, 0.1) is 0 Å². The molecule has 22 heavy (non-hydrogen) atoms. The molecule has 1 saturated carbocycles. The fourth-order valence-electron chi connectivity index (χ4n) is 3.75. The molecule has 2 N–H and O–H groups in total. The summed E-state index contributed by atoms with van der Waals surface area (Å²) in [6.45, 7) is 6.85. The van der Waals surface area contributed by atoms with Crippen LogP contribution in [-0.4, -0.2) is 49.5 Å². The molecule has 6 heteroatoms. The van der Waals surface area contributed by atoms with Gasteiger partial charge in [0.25, 0.3) is 0 Å². The molecular weight excluding hydrogens is 391 g/mol. The quantitative estimate of drug-likeness (QED) is 0.417. The first-order chi connectivity index (χ1) is 10.2. The Bertz CT molecular complexity index is 424. The van der Waals surface area contributed by atoms with Crippen LogP contribution in [0.2, 0.25) is 0 Å². The second kappa shape index (κ2) is 7.84. The van der Waals surface area contributed by atoms with Crippen molar-refractivity contribution in [3.8, 4) is 0 Å². The van der Waals surface area contributed by atoms with E-state index in [1.54, 1.807) is 0 Å². The lowest BCUT2D eigenvalue weighted by atomic mass is 9.79. The van der Waals surface area contributed by atoms with Gasteiger partial charge in [-0.25, -0.2) is 0 Å². The highest BCUT2D eigenvalue weighted by Crippen LogP contribution is 2.36. The molecule has 0 bridgehead atoms. The first kappa shape index (κ1) is 17.8. The smallest absolute Gasteiger partial charge is 0.220 e. The van der Waals surface area contributed by atoms with Crippen molar-refractivity contribution in [3.05, 3.63) is 0 Å². The van der Waals surface area contributed by atoms with Crippen LogP contribution in [0.25, 0.3) is 0 Å². The molecule has 1 aliphatic carbocycles. The number of amides is 1. The summed E-state index contributed by atoms with van der Waals surface area (Å²) in [4.78, 5) is 18.8. The molecule has 2 saturated heterocycles. The molecule has 1 amide bonds. The Labute approximate surface area is 150 Å². The highest BCUT2D eigenvalue weighted by Gasteiger charge is 2.42. The number of nitrogens with zero attached hydrogens (tertiary/aromatic N) is 2. The zero-order valence-corrected chi connectivity index (χ0v) is 15.9. The molecule has 2 aliphatic heterocycles. The first-order valence-electron chi connectivity index (χ1n) is 8.51. The third-order valence-electron chi connectivity index (χ3n) is 5.22. The molecule has 0 radical (unpaired) electrons. The number of likely N-dealkylation sites (tertiary alicyclic amines) is 1. The zero-order chi connectivity index (χ0) is 14.7. The number of hydrogen-bond acceptors (Lipinski definition) is 2. The van der Waals surface area contributed by atoms with E-state index in [0.717, 1.165) is 57.4 Å². The summed E-state index contributed by atoms with van der Waals surface area (Å²) in [5, 5.41) is 6.46. The number of carbonyl (C=O) groups is 1. The standard InChI is InChI=1S/C16H28N4O.HI/c1-2-17-15(18-10-13-5-3-6-13)20-8-4-7-16(12-20)9-14(21)19-11-16;/h13H,2-12H2,1H3,(H,17,18)(H,19,21);1H. The van der Waals surface area contributed by atoms with E-state index < -0.39 is 0 Å². The average Bonchev–Trinajstić information content (AvgIpc) is 2.76. The summed E-state index contributed by atoms with van der Waals surface area (Å²) < 4.78 is 0. The molecule has 3 rings (SSSR count). The summed E-state index contributed by atoms with van der Waals surface area (Å²) >= 11 is 0. The van der Waals surface area contributed by atoms with Gasteiger partial charge < -0.3 is 15.5 Å². The van der Waals surface area contributed by atoms with Crippen molar-refractivity contribution in [3.63, 3.8) is 0 Å². The molecule has 3 aliphatic rings. The van der Waals surface area contributed by atoms with Crippen molar-refractivity contribution < 1.29 is 4.79 Å². The Kier molecular flexibility index (Phi) is 6.35. The number of aliphatic imine (C=N–C) groups is 1. The van der Waals surface area contributed by atoms with Crippen LogP contribution < -0.4 is 10.6 Å². The van der Waals surface area contributed by atoms with E-state index >= 15 is 0 Å². The van der Waals surface area contributed by atoms with Crippen molar-refractivity contribution in [2.45, 2.75) is 45.4 Å². The van der Waals surface area contributed by atoms with Gasteiger partial charge in [0.1, 0.15) is 0 Å². The lowest BCUT2D eigenvalue weighted by Crippen LogP contribution is -2.51. The maximum absolute atomic E-state index is 11.6. The van der Waals surface area contributed by atoms with Gasteiger partial charge in [-0.2, -0.15) is 0 Å². The van der Waals surface area contributed by atoms with E-state index in [1.807, 2.05) is 0 Å². The minimum atomic E-state index is 0. The summed E-state index contributed by atoms with van der Waals surface area (Å²) in [7, 11) is 0. The third kappa shape index (κ3) is 4.06. The molecule has 0 aromatic heterocycles. The summed E-state index contributed by atoms with van der Waals surface area (Å²) in [5.74, 6) is 2.07. The number of nitrogens with one attached hydrogen (secondary N) is 2. The SMILES string of the molecule is CCNC(=NCC1CCC1)N1CCCC2(CNC(=O)C2)C1.I. The highest BCUT2D eigenvalue weighted by atomic mass is 127. The topological polar surface area (TPSA) is 56.7 Å². The van der Waals surface area contributed by atoms with Gasteiger partial charge >= 0.3 is 0 Å². The Morgan fingerprint density at radius 1 is 1.45 bits per heavy atom. The molecule has 5 nitrogen and oxygen atoms in total. The highest BCUT2D eigenvalue weighted by molar-refractivity contribution is 14.0. The van der Waals surface area contributed by atoms with Crippen LogP contribution in [0.4, 0.5) is 0 Å². The monoisotopic (exact) mass is 420 g/mol. The van der Waals surface area contributed by atoms with E-state index in [4.69, 9.17) is 4.99 Å². The van der Waals surface area contributed by atoms with Gasteiger partial charge in [-0.3, -0.25) is 9.79 Å². The fraction of sp³-hybridized carbons (Fsp3) is 0.875. The predicted octanol–water partition coefficient (Wildman–Crippen LogP) is 1.97. The molecular formula is C16H29IN4O. The van der Waals surface area contributed by atoms with Crippen molar-refractivity contribution >= 4 is 35.8 Å².